The minimum atomic E-state index is -0.938. The van der Waals surface area contributed by atoms with Gasteiger partial charge in [-0.2, -0.15) is 0 Å². The molecular formula is C18H18FN3O5. The summed E-state index contributed by atoms with van der Waals surface area (Å²) in [5.74, 6) is -1.94. The Kier molecular flexibility index (Phi) is 6.70. The van der Waals surface area contributed by atoms with Gasteiger partial charge in [-0.3, -0.25) is 25.2 Å². The molecule has 0 aliphatic rings. The summed E-state index contributed by atoms with van der Waals surface area (Å²) in [5, 5.41) is 0. The molecule has 0 unspecified atom stereocenters. The van der Waals surface area contributed by atoms with Crippen molar-refractivity contribution in [3.63, 3.8) is 0 Å². The lowest BCUT2D eigenvalue weighted by Gasteiger charge is -2.15. The second-order valence-electron chi connectivity index (χ2n) is 5.40. The van der Waals surface area contributed by atoms with Crippen LogP contribution in [-0.4, -0.2) is 30.4 Å². The summed E-state index contributed by atoms with van der Waals surface area (Å²) in [6, 6.07) is 11.3. The van der Waals surface area contributed by atoms with Crippen molar-refractivity contribution in [1.29, 1.82) is 0 Å². The number of halogens is 1. The molecule has 1 atom stereocenters. The molecule has 0 aromatic heterocycles. The zero-order chi connectivity index (χ0) is 19.8. The SMILES string of the molecule is C[C@@H](Oc1ccc(F)cc1)C(=O)NNC(=O)COc1ccccc1C(N)=O. The van der Waals surface area contributed by atoms with Crippen LogP contribution in [0.2, 0.25) is 0 Å². The van der Waals surface area contributed by atoms with Crippen molar-refractivity contribution in [1.82, 2.24) is 10.9 Å². The van der Waals surface area contributed by atoms with Crippen molar-refractivity contribution >= 4 is 17.7 Å². The standard InChI is InChI=1S/C18H18FN3O5/c1-11(27-13-8-6-12(19)7-9-13)18(25)22-21-16(23)10-26-15-5-3-2-4-14(15)17(20)24/h2-9,11H,10H2,1H3,(H2,20,24)(H,21,23)(H,22,25)/t11-/m1/s1. The van der Waals surface area contributed by atoms with E-state index in [9.17, 15) is 18.8 Å². The van der Waals surface area contributed by atoms with E-state index in [1.807, 2.05) is 0 Å². The van der Waals surface area contributed by atoms with Gasteiger partial charge in [-0.25, -0.2) is 4.39 Å². The quantitative estimate of drug-likeness (QED) is 0.622. The van der Waals surface area contributed by atoms with Crippen molar-refractivity contribution in [3.8, 4) is 11.5 Å². The number of amides is 3. The highest BCUT2D eigenvalue weighted by molar-refractivity contribution is 5.95. The van der Waals surface area contributed by atoms with Crippen LogP contribution in [0.5, 0.6) is 11.5 Å². The van der Waals surface area contributed by atoms with Gasteiger partial charge in [0.05, 0.1) is 5.56 Å². The number of nitrogens with one attached hydrogen (secondary N) is 2. The number of benzene rings is 2. The maximum atomic E-state index is 12.8. The number of nitrogens with two attached hydrogens (primary N) is 1. The molecule has 0 saturated heterocycles. The van der Waals surface area contributed by atoms with E-state index >= 15 is 0 Å². The molecule has 9 heteroatoms. The second kappa shape index (κ2) is 9.18. The number of ether oxygens (including phenoxy) is 2. The smallest absolute Gasteiger partial charge is 0.279 e. The Bertz CT molecular complexity index is 826. The lowest BCUT2D eigenvalue weighted by atomic mass is 10.2. The zero-order valence-electron chi connectivity index (χ0n) is 14.4. The monoisotopic (exact) mass is 375 g/mol. The van der Waals surface area contributed by atoms with Crippen LogP contribution in [0.4, 0.5) is 4.39 Å². The number of carbonyl (C=O) groups excluding carboxylic acids is 3. The Balaban J connectivity index is 1.78. The fourth-order valence-electron chi connectivity index (χ4n) is 1.98. The first-order valence-corrected chi connectivity index (χ1v) is 7.89. The van der Waals surface area contributed by atoms with Gasteiger partial charge in [0.2, 0.25) is 0 Å². The van der Waals surface area contributed by atoms with Crippen LogP contribution in [0.1, 0.15) is 17.3 Å². The van der Waals surface area contributed by atoms with Gasteiger partial charge in [-0.1, -0.05) is 12.1 Å². The van der Waals surface area contributed by atoms with Gasteiger partial charge in [-0.15, -0.1) is 0 Å². The molecule has 0 radical (unpaired) electrons. The van der Waals surface area contributed by atoms with E-state index < -0.39 is 36.2 Å². The third-order valence-electron chi connectivity index (χ3n) is 3.33. The van der Waals surface area contributed by atoms with Crippen molar-refractivity contribution in [2.75, 3.05) is 6.61 Å². The first kappa shape index (κ1) is 19.7. The number of primary amides is 1. The molecule has 27 heavy (non-hydrogen) atoms. The third kappa shape index (κ3) is 5.99. The highest BCUT2D eigenvalue weighted by Gasteiger charge is 2.16. The van der Waals surface area contributed by atoms with Gasteiger partial charge in [0.25, 0.3) is 17.7 Å². The Morgan fingerprint density at radius 2 is 1.74 bits per heavy atom. The van der Waals surface area contributed by atoms with Crippen LogP contribution in [0.25, 0.3) is 0 Å². The molecule has 142 valence electrons. The Hall–Kier alpha value is -3.62. The minimum Gasteiger partial charge on any atom is -0.483 e. The molecule has 2 rings (SSSR count). The molecule has 0 spiro atoms. The molecule has 0 aliphatic carbocycles. The number of hydrogen-bond donors (Lipinski definition) is 3. The van der Waals surface area contributed by atoms with E-state index in [1.165, 1.54) is 43.3 Å². The molecular weight excluding hydrogens is 357 g/mol. The van der Waals surface area contributed by atoms with Gasteiger partial charge in [0.1, 0.15) is 17.3 Å². The second-order valence-corrected chi connectivity index (χ2v) is 5.40. The predicted octanol–water partition coefficient (Wildman–Crippen LogP) is 0.918. The fourth-order valence-corrected chi connectivity index (χ4v) is 1.98. The summed E-state index contributed by atoms with van der Waals surface area (Å²) in [7, 11) is 0. The summed E-state index contributed by atoms with van der Waals surface area (Å²) >= 11 is 0. The molecule has 4 N–H and O–H groups in total. The van der Waals surface area contributed by atoms with Crippen LogP contribution in [-0.2, 0) is 9.59 Å². The molecule has 2 aromatic rings. The Morgan fingerprint density at radius 3 is 2.41 bits per heavy atom. The topological polar surface area (TPSA) is 120 Å². The first-order valence-electron chi connectivity index (χ1n) is 7.89. The number of carbonyl (C=O) groups is 3. The molecule has 0 aliphatic heterocycles. The largest absolute Gasteiger partial charge is 0.483 e. The fraction of sp³-hybridized carbons (Fsp3) is 0.167. The lowest BCUT2D eigenvalue weighted by molar-refractivity contribution is -0.133. The van der Waals surface area contributed by atoms with Crippen molar-refractivity contribution in [2.24, 2.45) is 5.73 Å². The van der Waals surface area contributed by atoms with E-state index in [2.05, 4.69) is 10.9 Å². The minimum absolute atomic E-state index is 0.135. The molecule has 0 fully saturated rings. The van der Waals surface area contributed by atoms with Gasteiger partial charge in [0, 0.05) is 0 Å². The number of hydrazine groups is 1. The van der Waals surface area contributed by atoms with E-state index in [0.29, 0.717) is 5.75 Å². The lowest BCUT2D eigenvalue weighted by Crippen LogP contribution is -2.48. The van der Waals surface area contributed by atoms with Crippen LogP contribution in [0.15, 0.2) is 48.5 Å². The zero-order valence-corrected chi connectivity index (χ0v) is 14.4. The molecule has 0 heterocycles. The summed E-state index contributed by atoms with van der Waals surface area (Å²) < 4.78 is 23.4. The summed E-state index contributed by atoms with van der Waals surface area (Å²) in [5.41, 5.74) is 9.68. The van der Waals surface area contributed by atoms with E-state index in [1.54, 1.807) is 12.1 Å². The van der Waals surface area contributed by atoms with Crippen LogP contribution < -0.4 is 26.1 Å². The molecule has 3 amide bonds. The number of hydrogen-bond acceptors (Lipinski definition) is 5. The van der Waals surface area contributed by atoms with Crippen LogP contribution in [0, 0.1) is 5.82 Å². The molecule has 0 saturated carbocycles. The van der Waals surface area contributed by atoms with Crippen LogP contribution in [0.3, 0.4) is 0 Å². The third-order valence-corrected chi connectivity index (χ3v) is 3.33. The van der Waals surface area contributed by atoms with E-state index in [-0.39, 0.29) is 11.3 Å². The summed E-state index contributed by atoms with van der Waals surface area (Å²) in [6.45, 7) is 1.02. The van der Waals surface area contributed by atoms with Crippen molar-refractivity contribution < 1.29 is 28.2 Å². The maximum absolute atomic E-state index is 12.8. The highest BCUT2D eigenvalue weighted by atomic mass is 19.1. The van der Waals surface area contributed by atoms with Gasteiger partial charge in [0.15, 0.2) is 12.7 Å². The van der Waals surface area contributed by atoms with E-state index in [4.69, 9.17) is 15.2 Å². The van der Waals surface area contributed by atoms with Gasteiger partial charge in [-0.05, 0) is 43.3 Å². The predicted molar refractivity (Wildman–Crippen MR) is 93.2 cm³/mol. The average molecular weight is 375 g/mol. The Labute approximate surface area is 154 Å². The highest BCUT2D eigenvalue weighted by Crippen LogP contribution is 2.16. The number of para-hydroxylation sites is 1. The number of rotatable bonds is 7. The molecule has 8 nitrogen and oxygen atoms in total. The maximum Gasteiger partial charge on any atom is 0.279 e. The van der Waals surface area contributed by atoms with Crippen molar-refractivity contribution in [2.45, 2.75) is 13.0 Å². The normalized spacial score (nSPS) is 11.2. The van der Waals surface area contributed by atoms with Gasteiger partial charge >= 0.3 is 0 Å². The Morgan fingerprint density at radius 1 is 1.07 bits per heavy atom. The van der Waals surface area contributed by atoms with Crippen molar-refractivity contribution in [3.05, 3.63) is 59.9 Å². The van der Waals surface area contributed by atoms with Gasteiger partial charge < -0.3 is 15.2 Å². The summed E-state index contributed by atoms with van der Waals surface area (Å²) in [6.07, 6.45) is -0.938. The van der Waals surface area contributed by atoms with E-state index in [0.717, 1.165) is 0 Å². The molecule has 2 aromatic carbocycles. The summed E-state index contributed by atoms with van der Waals surface area (Å²) in [4.78, 5) is 35.0. The first-order chi connectivity index (χ1) is 12.9. The molecule has 0 bridgehead atoms. The van der Waals surface area contributed by atoms with Crippen LogP contribution >= 0.6 is 0 Å². The average Bonchev–Trinajstić information content (AvgIpc) is 2.66.